The lowest BCUT2D eigenvalue weighted by molar-refractivity contribution is -0.378. The van der Waals surface area contributed by atoms with E-state index in [1.807, 2.05) is 24.8 Å². The van der Waals surface area contributed by atoms with Crippen LogP contribution in [0.1, 0.15) is 22.3 Å². The smallest absolute Gasteiger partial charge is 0.167 e. The minimum Gasteiger partial charge on any atom is -0.748 e. The molecule has 0 radical (unpaired) electrons. The molecule has 50 heavy (non-hydrogen) atoms. The van der Waals surface area contributed by atoms with Crippen molar-refractivity contribution in [1.82, 2.24) is 10.6 Å². The lowest BCUT2D eigenvalue weighted by Crippen LogP contribution is -2.43. The van der Waals surface area contributed by atoms with E-state index in [-0.39, 0.29) is 0 Å². The van der Waals surface area contributed by atoms with Gasteiger partial charge in [-0.05, 0) is 46.5 Å². The number of anilines is 2. The first-order valence-electron chi connectivity index (χ1n) is 16.0. The number of rotatable bonds is 6. The lowest BCUT2D eigenvalue weighted by Gasteiger charge is -2.29. The molecule has 2 saturated heterocycles. The van der Waals surface area contributed by atoms with E-state index in [9.17, 15) is 0 Å². The topological polar surface area (TPSA) is 173 Å². The van der Waals surface area contributed by atoms with Crippen molar-refractivity contribution in [2.45, 2.75) is 0 Å². The van der Waals surface area contributed by atoms with Crippen molar-refractivity contribution in [1.29, 1.82) is 0 Å². The van der Waals surface area contributed by atoms with Gasteiger partial charge in [-0.25, -0.2) is 26.8 Å². The third kappa shape index (κ3) is 18.4. The molecule has 2 aliphatic rings. The van der Waals surface area contributed by atoms with Crippen LogP contribution in [-0.2, 0) is 20.2 Å². The zero-order valence-electron chi connectivity index (χ0n) is 28.4. The quantitative estimate of drug-likeness (QED) is 0.282. The Bertz CT molecular complexity index is 1660. The second kappa shape index (κ2) is 20.9. The second-order valence-electron chi connectivity index (χ2n) is 11.4. The maximum absolute atomic E-state index is 9.08. The van der Waals surface area contributed by atoms with E-state index < -0.39 is 20.2 Å². The van der Waals surface area contributed by atoms with E-state index in [1.54, 1.807) is 0 Å². The van der Waals surface area contributed by atoms with Crippen molar-refractivity contribution in [3.63, 3.8) is 0 Å². The normalized spacial score (nSPS) is 14.9. The first-order valence-corrected chi connectivity index (χ1v) is 19.7. The maximum atomic E-state index is 9.08. The van der Waals surface area contributed by atoms with Gasteiger partial charge < -0.3 is 29.5 Å². The summed E-state index contributed by atoms with van der Waals surface area (Å²) in [5, 5.41) is 6.76. The number of nitrogens with one attached hydrogen (secondary N) is 4. The third-order valence-electron chi connectivity index (χ3n) is 7.17. The van der Waals surface area contributed by atoms with Gasteiger partial charge in [0.15, 0.2) is 24.8 Å². The zero-order valence-corrected chi connectivity index (χ0v) is 30.0. The number of H-pyrrole nitrogens is 2. The molecule has 0 amide bonds. The van der Waals surface area contributed by atoms with Gasteiger partial charge in [0.1, 0.15) is 0 Å². The van der Waals surface area contributed by atoms with Crippen LogP contribution in [0.15, 0.2) is 97.6 Å². The number of pyridine rings is 2. The van der Waals surface area contributed by atoms with Crippen molar-refractivity contribution < 1.29 is 35.9 Å². The SMILES string of the molecule is C(=C\c1ccc(N2CCNCC2)cc1)/c1cc[nH+]cc1.C(=C\c1ccc(N2CCNCC2)cc1)/c1cc[nH+]cc1.CS(=O)(=O)[O-].CS(=O)(=O)[O-]. The molecule has 0 saturated carbocycles. The van der Waals surface area contributed by atoms with Crippen LogP contribution in [0.4, 0.5) is 11.4 Å². The van der Waals surface area contributed by atoms with Gasteiger partial charge in [0.2, 0.25) is 0 Å². The van der Waals surface area contributed by atoms with Crippen molar-refractivity contribution >= 4 is 55.9 Å². The molecule has 12 nitrogen and oxygen atoms in total. The highest BCUT2D eigenvalue weighted by molar-refractivity contribution is 7.85. The van der Waals surface area contributed by atoms with E-state index in [0.717, 1.165) is 52.4 Å². The molecule has 2 aliphatic heterocycles. The zero-order chi connectivity index (χ0) is 36.2. The molecular weight excluding hydrogens is 677 g/mol. The van der Waals surface area contributed by atoms with Gasteiger partial charge in [0.05, 0.1) is 20.2 Å². The molecule has 2 aromatic heterocycles. The van der Waals surface area contributed by atoms with E-state index in [4.69, 9.17) is 25.9 Å². The van der Waals surface area contributed by atoms with Gasteiger partial charge in [-0.3, -0.25) is 0 Å². The van der Waals surface area contributed by atoms with Crippen LogP contribution in [0.5, 0.6) is 0 Å². The predicted molar refractivity (Wildman–Crippen MR) is 198 cm³/mol. The summed E-state index contributed by atoms with van der Waals surface area (Å²) in [7, 11) is -7.83. The number of piperazine rings is 2. The average molecular weight is 723 g/mol. The Morgan fingerprint density at radius 1 is 0.500 bits per heavy atom. The summed E-state index contributed by atoms with van der Waals surface area (Å²) in [6.07, 6.45) is 17.5. The maximum Gasteiger partial charge on any atom is 0.167 e. The monoisotopic (exact) mass is 722 g/mol. The van der Waals surface area contributed by atoms with E-state index in [2.05, 4.69) is 128 Å². The second-order valence-corrected chi connectivity index (χ2v) is 14.2. The van der Waals surface area contributed by atoms with Crippen molar-refractivity contribution in [2.75, 3.05) is 74.7 Å². The molecule has 4 heterocycles. The fourth-order valence-corrected chi connectivity index (χ4v) is 4.85. The number of aromatic amines is 2. The minimum atomic E-state index is -3.92. The van der Waals surface area contributed by atoms with Crippen LogP contribution < -0.4 is 30.4 Å². The molecule has 2 fully saturated rings. The van der Waals surface area contributed by atoms with E-state index >= 15 is 0 Å². The molecule has 0 unspecified atom stereocenters. The number of aromatic nitrogens is 2. The van der Waals surface area contributed by atoms with Gasteiger partial charge in [0, 0.05) is 101 Å². The number of nitrogens with zero attached hydrogens (tertiary/aromatic N) is 2. The summed E-state index contributed by atoms with van der Waals surface area (Å²) in [4.78, 5) is 10.9. The molecule has 14 heteroatoms. The Kier molecular flexibility index (Phi) is 16.7. The van der Waals surface area contributed by atoms with Crippen molar-refractivity contribution in [2.24, 2.45) is 0 Å². The van der Waals surface area contributed by atoms with E-state index in [1.165, 1.54) is 33.6 Å². The van der Waals surface area contributed by atoms with Crippen LogP contribution in [-0.4, -0.2) is 90.8 Å². The summed E-state index contributed by atoms with van der Waals surface area (Å²) in [6.45, 7) is 8.68. The highest BCUT2D eigenvalue weighted by Gasteiger charge is 2.10. The summed E-state index contributed by atoms with van der Waals surface area (Å²) in [6, 6.07) is 25.8. The summed E-state index contributed by atoms with van der Waals surface area (Å²) in [5.41, 5.74) is 7.51. The predicted octanol–water partition coefficient (Wildman–Crippen LogP) is 2.48. The summed E-state index contributed by atoms with van der Waals surface area (Å²) >= 11 is 0. The van der Waals surface area contributed by atoms with Crippen LogP contribution in [0, 0.1) is 0 Å². The highest BCUT2D eigenvalue weighted by Crippen LogP contribution is 2.18. The van der Waals surface area contributed by atoms with E-state index in [0.29, 0.717) is 12.5 Å². The van der Waals surface area contributed by atoms with Gasteiger partial charge in [-0.15, -0.1) is 0 Å². The summed E-state index contributed by atoms with van der Waals surface area (Å²) in [5.74, 6) is 0. The number of hydrogen-bond donors (Lipinski definition) is 2. The lowest BCUT2D eigenvalue weighted by atomic mass is 10.1. The fraction of sp³-hybridized carbons (Fsp3) is 0.278. The Hall–Kier alpha value is -4.44. The molecule has 4 aromatic rings. The van der Waals surface area contributed by atoms with Crippen LogP contribution >= 0.6 is 0 Å². The Balaban J connectivity index is 0.000000214. The molecule has 6 rings (SSSR count). The molecule has 0 bridgehead atoms. The summed E-state index contributed by atoms with van der Waals surface area (Å²) < 4.78 is 54.5. The minimum absolute atomic E-state index is 0.604. The standard InChI is InChI=1S/2C17H19N3.2CH4O3S/c2*1(2-16-7-9-18-10-8-16)15-3-5-17(6-4-15)20-13-11-19-12-14-20;2*1-5(2,3)4/h2*1-10,19H,11-14H2;2*1H3,(H,2,3,4)/b2*2-1+;;. The Morgan fingerprint density at radius 2 is 0.740 bits per heavy atom. The van der Waals surface area contributed by atoms with Gasteiger partial charge >= 0.3 is 0 Å². The van der Waals surface area contributed by atoms with Gasteiger partial charge in [0.25, 0.3) is 0 Å². The van der Waals surface area contributed by atoms with Crippen molar-refractivity contribution in [3.8, 4) is 0 Å². The van der Waals surface area contributed by atoms with Crippen LogP contribution in [0.2, 0.25) is 0 Å². The Labute approximate surface area is 296 Å². The number of benzene rings is 2. The first-order chi connectivity index (χ1) is 23.8. The Morgan fingerprint density at radius 3 is 1.00 bits per heavy atom. The van der Waals surface area contributed by atoms with Crippen molar-refractivity contribution in [3.05, 3.63) is 120 Å². The van der Waals surface area contributed by atoms with Gasteiger partial charge in [-0.1, -0.05) is 48.6 Å². The molecule has 0 spiro atoms. The van der Waals surface area contributed by atoms with Gasteiger partial charge in [-0.2, -0.15) is 0 Å². The first kappa shape index (κ1) is 40.0. The number of hydrogen-bond acceptors (Lipinski definition) is 10. The third-order valence-corrected chi connectivity index (χ3v) is 7.17. The molecule has 268 valence electrons. The largest absolute Gasteiger partial charge is 0.748 e. The molecule has 4 N–H and O–H groups in total. The average Bonchev–Trinajstić information content (AvgIpc) is 3.11. The highest BCUT2D eigenvalue weighted by atomic mass is 32.2. The molecule has 0 atom stereocenters. The molecule has 0 aliphatic carbocycles. The molecular formula is C36H46N6O6S2. The molecule has 2 aromatic carbocycles. The fourth-order valence-electron chi connectivity index (χ4n) is 4.85. The van der Waals surface area contributed by atoms with Crippen LogP contribution in [0.3, 0.4) is 0 Å². The van der Waals surface area contributed by atoms with Crippen LogP contribution in [0.25, 0.3) is 24.3 Å².